The van der Waals surface area contributed by atoms with Crippen molar-refractivity contribution < 1.29 is 9.84 Å². The summed E-state index contributed by atoms with van der Waals surface area (Å²) < 4.78 is 5.86. The van der Waals surface area contributed by atoms with E-state index in [0.29, 0.717) is 16.4 Å². The molecule has 76 valence electrons. The molecule has 0 aliphatic rings. The van der Waals surface area contributed by atoms with Crippen LogP contribution in [0.3, 0.4) is 0 Å². The average molecular weight is 233 g/mol. The van der Waals surface area contributed by atoms with Gasteiger partial charge < -0.3 is 15.6 Å². The number of nitrogens with zero attached hydrogens (tertiary/aromatic N) is 1. The van der Waals surface area contributed by atoms with Crippen molar-refractivity contribution in [3.8, 4) is 11.5 Å². The fraction of sp³-hybridized carbons (Fsp3) is 0.125. The Labute approximate surface area is 90.7 Å². The number of nitrogen functional groups attached to an aromatic ring is 1. The number of phenolic OH excluding ortho intramolecular Hbond substituents is 1. The summed E-state index contributed by atoms with van der Waals surface area (Å²) in [5, 5.41) is 9.91. The van der Waals surface area contributed by atoms with Crippen molar-refractivity contribution in [2.24, 2.45) is 0 Å². The van der Waals surface area contributed by atoms with E-state index in [1.165, 1.54) is 18.4 Å². The standard InChI is InChI=1S/C8H8N2O2S.ClH/c1-12-6-3-7-4(2-5(6)11)10-8(9)13-7;/h2-3,11H,1H3,(H2,9,10);1H. The molecule has 0 radical (unpaired) electrons. The average Bonchev–Trinajstić information content (AvgIpc) is 2.42. The van der Waals surface area contributed by atoms with Crippen LogP contribution in [0.15, 0.2) is 12.1 Å². The highest BCUT2D eigenvalue weighted by Crippen LogP contribution is 2.34. The van der Waals surface area contributed by atoms with Gasteiger partial charge in [-0.1, -0.05) is 11.3 Å². The van der Waals surface area contributed by atoms with Gasteiger partial charge in [-0.05, 0) is 0 Å². The number of ether oxygens (including phenoxy) is 1. The van der Waals surface area contributed by atoms with Gasteiger partial charge in [0.05, 0.1) is 17.3 Å². The third kappa shape index (κ3) is 1.69. The second kappa shape index (κ2) is 3.89. The third-order valence-electron chi connectivity index (χ3n) is 1.71. The summed E-state index contributed by atoms with van der Waals surface area (Å²) in [5.74, 6) is 0.524. The minimum atomic E-state index is 0. The highest BCUT2D eigenvalue weighted by atomic mass is 35.5. The van der Waals surface area contributed by atoms with Crippen LogP contribution >= 0.6 is 23.7 Å². The quantitative estimate of drug-likeness (QED) is 0.789. The zero-order chi connectivity index (χ0) is 9.42. The molecule has 0 atom stereocenters. The summed E-state index contributed by atoms with van der Waals surface area (Å²) in [4.78, 5) is 4.03. The van der Waals surface area contributed by atoms with Crippen molar-refractivity contribution in [1.82, 2.24) is 4.98 Å². The first kappa shape index (κ1) is 10.9. The van der Waals surface area contributed by atoms with Gasteiger partial charge in [-0.2, -0.15) is 0 Å². The molecule has 4 nitrogen and oxygen atoms in total. The maximum absolute atomic E-state index is 9.42. The molecule has 1 aromatic carbocycles. The van der Waals surface area contributed by atoms with E-state index in [1.807, 2.05) is 0 Å². The second-order valence-corrected chi connectivity index (χ2v) is 3.61. The third-order valence-corrected chi connectivity index (χ3v) is 2.55. The van der Waals surface area contributed by atoms with Crippen LogP contribution in [0.4, 0.5) is 5.13 Å². The van der Waals surface area contributed by atoms with Crippen molar-refractivity contribution >= 4 is 39.1 Å². The Kier molecular flexibility index (Phi) is 3.03. The van der Waals surface area contributed by atoms with Crippen LogP contribution in [-0.4, -0.2) is 17.2 Å². The summed E-state index contributed by atoms with van der Waals surface area (Å²) in [6.07, 6.45) is 0. The van der Waals surface area contributed by atoms with Gasteiger partial charge in [0.25, 0.3) is 0 Å². The van der Waals surface area contributed by atoms with Gasteiger partial charge in [0.2, 0.25) is 0 Å². The molecule has 2 aromatic rings. The Hall–Kier alpha value is -1.20. The lowest BCUT2D eigenvalue weighted by atomic mass is 10.3. The van der Waals surface area contributed by atoms with Gasteiger partial charge in [-0.15, -0.1) is 12.4 Å². The molecule has 0 unspecified atom stereocenters. The Bertz CT molecular complexity index is 458. The molecule has 14 heavy (non-hydrogen) atoms. The largest absolute Gasteiger partial charge is 0.504 e. The fourth-order valence-corrected chi connectivity index (χ4v) is 1.87. The number of hydrogen-bond donors (Lipinski definition) is 2. The van der Waals surface area contributed by atoms with Crippen molar-refractivity contribution in [1.29, 1.82) is 0 Å². The Morgan fingerprint density at radius 3 is 2.86 bits per heavy atom. The summed E-state index contributed by atoms with van der Waals surface area (Å²) in [6.45, 7) is 0. The lowest BCUT2D eigenvalue weighted by molar-refractivity contribution is 0.374. The number of hydrogen-bond acceptors (Lipinski definition) is 5. The molecule has 0 fully saturated rings. The lowest BCUT2D eigenvalue weighted by Crippen LogP contribution is -1.83. The predicted molar refractivity (Wildman–Crippen MR) is 59.5 cm³/mol. The van der Waals surface area contributed by atoms with Crippen molar-refractivity contribution in [2.75, 3.05) is 12.8 Å². The number of nitrogens with two attached hydrogens (primary N) is 1. The molecule has 0 saturated carbocycles. The summed E-state index contributed by atoms with van der Waals surface area (Å²) >= 11 is 1.37. The number of aromatic nitrogens is 1. The SMILES string of the molecule is COc1cc2sc(N)nc2cc1O.Cl. The van der Waals surface area contributed by atoms with E-state index >= 15 is 0 Å². The topological polar surface area (TPSA) is 68.4 Å². The van der Waals surface area contributed by atoms with Crippen LogP contribution in [0.1, 0.15) is 0 Å². The van der Waals surface area contributed by atoms with E-state index in [4.69, 9.17) is 10.5 Å². The van der Waals surface area contributed by atoms with Gasteiger partial charge in [0.15, 0.2) is 16.6 Å². The van der Waals surface area contributed by atoms with Crippen LogP contribution in [0.25, 0.3) is 10.2 Å². The molecule has 0 aliphatic heterocycles. The van der Waals surface area contributed by atoms with Crippen LogP contribution < -0.4 is 10.5 Å². The molecule has 3 N–H and O–H groups in total. The Balaban J connectivity index is 0.000000980. The molecule has 0 spiro atoms. The van der Waals surface area contributed by atoms with Gasteiger partial charge in [0.1, 0.15) is 0 Å². The van der Waals surface area contributed by atoms with E-state index in [0.717, 1.165) is 4.70 Å². The number of aromatic hydroxyl groups is 1. The zero-order valence-electron chi connectivity index (χ0n) is 7.35. The highest BCUT2D eigenvalue weighted by Gasteiger charge is 2.07. The number of anilines is 1. The molecular formula is C8H9ClN2O2S. The predicted octanol–water partition coefficient (Wildman–Crippen LogP) is 2.01. The first-order valence-electron chi connectivity index (χ1n) is 3.63. The fourth-order valence-electron chi connectivity index (χ4n) is 1.13. The van der Waals surface area contributed by atoms with E-state index in [1.54, 1.807) is 12.1 Å². The summed E-state index contributed by atoms with van der Waals surface area (Å²) in [6, 6.07) is 3.26. The first-order valence-corrected chi connectivity index (χ1v) is 4.45. The second-order valence-electron chi connectivity index (χ2n) is 2.54. The molecule has 1 heterocycles. The minimum Gasteiger partial charge on any atom is -0.504 e. The molecule has 0 saturated heterocycles. The van der Waals surface area contributed by atoms with Crippen molar-refractivity contribution in [2.45, 2.75) is 0 Å². The molecule has 1 aromatic heterocycles. The van der Waals surface area contributed by atoms with Crippen molar-refractivity contribution in [3.05, 3.63) is 12.1 Å². The summed E-state index contributed by atoms with van der Waals surface area (Å²) in [7, 11) is 1.51. The number of halogens is 1. The Morgan fingerprint density at radius 1 is 1.50 bits per heavy atom. The normalized spacial score (nSPS) is 9.79. The smallest absolute Gasteiger partial charge is 0.181 e. The lowest BCUT2D eigenvalue weighted by Gasteiger charge is -2.01. The van der Waals surface area contributed by atoms with Gasteiger partial charge >= 0.3 is 0 Å². The molecule has 0 bridgehead atoms. The highest BCUT2D eigenvalue weighted by molar-refractivity contribution is 7.22. The van der Waals surface area contributed by atoms with Crippen LogP contribution in [0.2, 0.25) is 0 Å². The van der Waals surface area contributed by atoms with E-state index < -0.39 is 0 Å². The number of thiazole rings is 1. The Morgan fingerprint density at radius 2 is 2.21 bits per heavy atom. The van der Waals surface area contributed by atoms with E-state index in [2.05, 4.69) is 4.98 Å². The first-order chi connectivity index (χ1) is 6.20. The summed E-state index contributed by atoms with van der Waals surface area (Å²) in [5.41, 5.74) is 6.21. The van der Waals surface area contributed by atoms with E-state index in [9.17, 15) is 5.11 Å². The maximum atomic E-state index is 9.42. The van der Waals surface area contributed by atoms with Gasteiger partial charge in [-0.3, -0.25) is 0 Å². The zero-order valence-corrected chi connectivity index (χ0v) is 8.98. The van der Waals surface area contributed by atoms with Crippen molar-refractivity contribution in [3.63, 3.8) is 0 Å². The molecule has 0 aliphatic carbocycles. The van der Waals surface area contributed by atoms with Gasteiger partial charge in [0, 0.05) is 12.1 Å². The minimum absolute atomic E-state index is 0. The number of phenols is 1. The van der Waals surface area contributed by atoms with E-state index in [-0.39, 0.29) is 18.2 Å². The van der Waals surface area contributed by atoms with Gasteiger partial charge in [-0.25, -0.2) is 4.98 Å². The van der Waals surface area contributed by atoms with Crippen LogP contribution in [-0.2, 0) is 0 Å². The van der Waals surface area contributed by atoms with Crippen LogP contribution in [0.5, 0.6) is 11.5 Å². The number of methoxy groups -OCH3 is 1. The number of fused-ring (bicyclic) bond motifs is 1. The number of rotatable bonds is 1. The molecular weight excluding hydrogens is 224 g/mol. The maximum Gasteiger partial charge on any atom is 0.181 e. The van der Waals surface area contributed by atoms with Crippen LogP contribution in [0, 0.1) is 0 Å². The molecule has 2 rings (SSSR count). The molecule has 6 heteroatoms. The molecule has 0 amide bonds. The number of benzene rings is 1. The monoisotopic (exact) mass is 232 g/mol.